The van der Waals surface area contributed by atoms with Gasteiger partial charge in [-0.15, -0.1) is 0 Å². The Morgan fingerprint density at radius 2 is 0.961 bits per heavy atom. The van der Waals surface area contributed by atoms with E-state index in [-0.39, 0.29) is 6.16 Å². The van der Waals surface area contributed by atoms with Crippen molar-refractivity contribution in [3.05, 3.63) is 168 Å². The predicted molar refractivity (Wildman–Crippen MR) is 193 cm³/mol. The molecule has 4 aromatic carbocycles. The molecule has 0 atom stereocenters. The molecule has 0 bridgehead atoms. The number of rotatable bonds is 12. The molecule has 0 aliphatic rings. The van der Waals surface area contributed by atoms with Gasteiger partial charge >= 0.3 is 7.60 Å². The summed E-state index contributed by atoms with van der Waals surface area (Å²) in [7, 11) is -4.08. The molecule has 0 aliphatic carbocycles. The highest BCUT2D eigenvalue weighted by Gasteiger charge is 2.15. The minimum absolute atomic E-state index is 0.254. The third kappa shape index (κ3) is 8.66. The number of carbonyl (C=O) groups is 1. The lowest BCUT2D eigenvalue weighted by Crippen LogP contribution is -2.32. The molecule has 252 valence electrons. The summed E-state index contributed by atoms with van der Waals surface area (Å²) in [4.78, 5) is 33.8. The predicted octanol–water partition coefficient (Wildman–Crippen LogP) is 6.83. The van der Waals surface area contributed by atoms with Crippen LogP contribution in [0.25, 0.3) is 45.1 Å². The Kier molecular flexibility index (Phi) is 9.85. The van der Waals surface area contributed by atoms with Gasteiger partial charge in [0.05, 0.1) is 6.16 Å². The largest absolute Gasteiger partial charge is 0.334 e. The van der Waals surface area contributed by atoms with Gasteiger partial charge in [0.2, 0.25) is 5.82 Å². The Morgan fingerprint density at radius 1 is 0.549 bits per heavy atom. The number of nitrogens with zero attached hydrogens (tertiary/aromatic N) is 4. The summed E-state index contributed by atoms with van der Waals surface area (Å²) in [6.07, 6.45) is 9.26. The molecule has 0 spiro atoms. The van der Waals surface area contributed by atoms with Gasteiger partial charge in [-0.2, -0.15) is 4.98 Å². The van der Waals surface area contributed by atoms with Crippen molar-refractivity contribution in [2.45, 2.75) is 25.7 Å². The summed E-state index contributed by atoms with van der Waals surface area (Å²) in [5, 5.41) is 4.23. The van der Waals surface area contributed by atoms with E-state index in [2.05, 4.69) is 80.2 Å². The van der Waals surface area contributed by atoms with E-state index >= 15 is 0 Å². The first-order valence-electron chi connectivity index (χ1n) is 16.5. The molecule has 7 rings (SSSR count). The zero-order valence-electron chi connectivity index (χ0n) is 27.6. The van der Waals surface area contributed by atoms with Crippen LogP contribution in [0.5, 0.6) is 0 Å². The Balaban J connectivity index is 0.954. The van der Waals surface area contributed by atoms with Crippen LogP contribution in [-0.2, 0) is 35.0 Å². The first kappa shape index (κ1) is 33.6. The summed E-state index contributed by atoms with van der Waals surface area (Å²) in [5.41, 5.74) is 9.86. The van der Waals surface area contributed by atoms with Gasteiger partial charge in [-0.05, 0) is 45.5 Å². The van der Waals surface area contributed by atoms with Crippen molar-refractivity contribution < 1.29 is 32.8 Å². The maximum atomic E-state index is 11.2. The number of carbonyl (C=O) groups excluding carboxylic acids is 1. The molecule has 9 nitrogen and oxygen atoms in total. The van der Waals surface area contributed by atoms with Gasteiger partial charge < -0.3 is 19.1 Å². The molecule has 7 aromatic rings. The highest BCUT2D eigenvalue weighted by molar-refractivity contribution is 7.50. The van der Waals surface area contributed by atoms with Crippen LogP contribution in [-0.4, -0.2) is 26.2 Å². The molecule has 2 N–H and O–H groups in total. The summed E-state index contributed by atoms with van der Waals surface area (Å²) in [6, 6.07) is 39.8. The van der Waals surface area contributed by atoms with E-state index in [1.165, 1.54) is 5.56 Å². The second-order valence-corrected chi connectivity index (χ2v) is 14.1. The lowest BCUT2D eigenvalue weighted by atomic mass is 10.0. The molecule has 0 saturated heterocycles. The molecular weight excluding hydrogens is 659 g/mol. The van der Waals surface area contributed by atoms with E-state index in [9.17, 15) is 19.1 Å². The smallest absolute Gasteiger partial charge is 0.329 e. The van der Waals surface area contributed by atoms with Gasteiger partial charge in [0.15, 0.2) is 37.9 Å². The van der Waals surface area contributed by atoms with Gasteiger partial charge in [0.25, 0.3) is 5.89 Å². The fourth-order valence-corrected chi connectivity index (χ4v) is 6.56. The Bertz CT molecular complexity index is 2280. The topological polar surface area (TPSA) is 121 Å². The molecule has 51 heavy (non-hydrogen) atoms. The number of hydrogen-bond donors (Lipinski definition) is 2. The lowest BCUT2D eigenvalue weighted by molar-refractivity contribution is -0.688. The van der Waals surface area contributed by atoms with Gasteiger partial charge in [0, 0.05) is 52.9 Å². The van der Waals surface area contributed by atoms with Gasteiger partial charge in [0.1, 0.15) is 6.29 Å². The van der Waals surface area contributed by atoms with E-state index in [0.29, 0.717) is 30.2 Å². The lowest BCUT2D eigenvalue weighted by Gasteiger charge is -2.05. The van der Waals surface area contributed by atoms with Gasteiger partial charge in [-0.25, -0.2) is 9.13 Å². The standard InChI is InChI=1S/C41H33N4O5P/c46-26-21-30-1-3-31(4-2-30)27-44-24-19-37(20-25-44)35-11-15-39(16-12-35)41-42-40(43-50-41)38-13-9-34(10-14-38)36-17-22-45(23-18-36)28-32-5-7-33(8-6-32)29-51(47,48)49/h1-20,22-26H,21,27-29H2/p+2. The molecular formula is C41H35N4O5P+2. The van der Waals surface area contributed by atoms with Crippen molar-refractivity contribution in [2.75, 3.05) is 0 Å². The minimum atomic E-state index is -4.08. The quantitative estimate of drug-likeness (QED) is 0.0818. The molecule has 10 heteroatoms. The van der Waals surface area contributed by atoms with Crippen LogP contribution >= 0.6 is 7.60 Å². The Labute approximate surface area is 295 Å². The van der Waals surface area contributed by atoms with Crippen molar-refractivity contribution >= 4 is 13.9 Å². The second-order valence-electron chi connectivity index (χ2n) is 12.4. The normalized spacial score (nSPS) is 11.4. The van der Waals surface area contributed by atoms with E-state index in [1.807, 2.05) is 73.1 Å². The number of benzene rings is 4. The average molecular weight is 695 g/mol. The zero-order valence-corrected chi connectivity index (χ0v) is 28.5. The van der Waals surface area contributed by atoms with E-state index in [4.69, 9.17) is 4.52 Å². The first-order valence-corrected chi connectivity index (χ1v) is 18.3. The van der Waals surface area contributed by atoms with Crippen LogP contribution < -0.4 is 9.13 Å². The number of pyridine rings is 2. The van der Waals surface area contributed by atoms with Crippen LogP contribution in [0.4, 0.5) is 0 Å². The highest BCUT2D eigenvalue weighted by atomic mass is 31.2. The van der Waals surface area contributed by atoms with Gasteiger partial charge in [-0.1, -0.05) is 90.1 Å². The Hall–Kier alpha value is -5.86. The third-order valence-corrected chi connectivity index (χ3v) is 9.41. The maximum Gasteiger partial charge on any atom is 0.329 e. The molecule has 0 radical (unpaired) electrons. The van der Waals surface area contributed by atoms with E-state index in [0.717, 1.165) is 57.3 Å². The van der Waals surface area contributed by atoms with E-state index < -0.39 is 7.60 Å². The first-order chi connectivity index (χ1) is 24.8. The molecule has 0 unspecified atom stereocenters. The van der Waals surface area contributed by atoms with E-state index in [1.54, 1.807) is 12.1 Å². The summed E-state index contributed by atoms with van der Waals surface area (Å²) >= 11 is 0. The molecule has 0 fully saturated rings. The fraction of sp³-hybridized carbons (Fsp3) is 0.0976. The van der Waals surface area contributed by atoms with Gasteiger partial charge in [-0.3, -0.25) is 4.57 Å². The summed E-state index contributed by atoms with van der Waals surface area (Å²) in [5.74, 6) is 0.971. The average Bonchev–Trinajstić information content (AvgIpc) is 3.64. The SMILES string of the molecule is O=CCc1ccc(C[n+]2ccc(-c3ccc(-c4nc(-c5ccc(-c6cc[n+](Cc7ccc(CP(=O)(O)O)cc7)cc6)cc5)no4)cc3)cc2)cc1. The van der Waals surface area contributed by atoms with Crippen LogP contribution in [0.1, 0.15) is 22.3 Å². The summed E-state index contributed by atoms with van der Waals surface area (Å²) in [6.45, 7) is 1.40. The Morgan fingerprint density at radius 3 is 1.43 bits per heavy atom. The number of aldehydes is 1. The molecule has 0 aliphatic heterocycles. The van der Waals surface area contributed by atoms with Crippen molar-refractivity contribution in [1.29, 1.82) is 0 Å². The number of aromatic nitrogens is 4. The van der Waals surface area contributed by atoms with Crippen LogP contribution in [0.2, 0.25) is 0 Å². The van der Waals surface area contributed by atoms with Crippen molar-refractivity contribution in [3.63, 3.8) is 0 Å². The molecule has 0 amide bonds. The van der Waals surface area contributed by atoms with Crippen molar-refractivity contribution in [1.82, 2.24) is 10.1 Å². The zero-order chi connectivity index (χ0) is 35.2. The van der Waals surface area contributed by atoms with Crippen molar-refractivity contribution in [2.24, 2.45) is 0 Å². The van der Waals surface area contributed by atoms with Crippen LogP contribution in [0.3, 0.4) is 0 Å². The minimum Gasteiger partial charge on any atom is -0.334 e. The third-order valence-electron chi connectivity index (χ3n) is 8.63. The van der Waals surface area contributed by atoms with Crippen LogP contribution in [0.15, 0.2) is 151 Å². The number of hydrogen-bond acceptors (Lipinski definition) is 5. The van der Waals surface area contributed by atoms with Crippen molar-refractivity contribution in [3.8, 4) is 45.1 Å². The highest BCUT2D eigenvalue weighted by Crippen LogP contribution is 2.39. The molecule has 0 saturated carbocycles. The molecule has 3 aromatic heterocycles. The summed E-state index contributed by atoms with van der Waals surface area (Å²) < 4.78 is 21.1. The monoisotopic (exact) mass is 694 g/mol. The fourth-order valence-electron chi connectivity index (χ4n) is 5.87. The second kappa shape index (κ2) is 14.9. The maximum absolute atomic E-state index is 11.2. The molecule has 3 heterocycles. The van der Waals surface area contributed by atoms with Crippen LogP contribution in [0, 0.1) is 0 Å².